The zero-order valence-corrected chi connectivity index (χ0v) is 31.3. The van der Waals surface area contributed by atoms with Gasteiger partial charge < -0.3 is 20.8 Å². The summed E-state index contributed by atoms with van der Waals surface area (Å²) in [5, 5.41) is 48.5. The molecule has 2 amide bonds. The number of fused-ring (bicyclic) bond motifs is 5. The summed E-state index contributed by atoms with van der Waals surface area (Å²) in [6.45, 7) is 1.95. The maximum Gasteiger partial charge on any atom is 0.259 e. The average molecular weight is 773 g/mol. The fourth-order valence-electron chi connectivity index (χ4n) is 7.13. The Morgan fingerprint density at radius 2 is 0.915 bits per heavy atom. The van der Waals surface area contributed by atoms with Gasteiger partial charge in [-0.3, -0.25) is 14.4 Å². The normalized spacial score (nSPS) is 12.0. The molecule has 0 fully saturated rings. The molecule has 11 heteroatoms. The minimum Gasteiger partial charge on any atom is -0.505 e. The van der Waals surface area contributed by atoms with Crippen LogP contribution in [0.5, 0.6) is 11.5 Å². The largest absolute Gasteiger partial charge is 0.505 e. The van der Waals surface area contributed by atoms with E-state index in [-0.39, 0.29) is 39.8 Å². The maximum absolute atomic E-state index is 13.8. The highest BCUT2D eigenvalue weighted by Gasteiger charge is 2.28. The van der Waals surface area contributed by atoms with E-state index in [1.807, 2.05) is 49.4 Å². The predicted molar refractivity (Wildman–Crippen MR) is 228 cm³/mol. The number of phenolic OH excluding ortho intramolecular Hbond substituents is 2. The Kier molecular flexibility index (Phi) is 9.22. The van der Waals surface area contributed by atoms with E-state index in [2.05, 4.69) is 31.1 Å². The van der Waals surface area contributed by atoms with Crippen molar-refractivity contribution in [2.24, 2.45) is 20.5 Å². The molecule has 0 saturated heterocycles. The molecule has 59 heavy (non-hydrogen) atoms. The molecule has 4 N–H and O–H groups in total. The fraction of sp³-hybridized carbons (Fsp3) is 0.0208. The summed E-state index contributed by atoms with van der Waals surface area (Å²) in [7, 11) is 0. The Morgan fingerprint density at radius 1 is 0.475 bits per heavy atom. The molecule has 0 aliphatic heterocycles. The van der Waals surface area contributed by atoms with Gasteiger partial charge in [0.05, 0.1) is 22.5 Å². The number of amides is 2. The summed E-state index contributed by atoms with van der Waals surface area (Å²) in [5.74, 6) is -1.91. The molecular formula is C48H32N6O5. The summed E-state index contributed by atoms with van der Waals surface area (Å²) in [5.41, 5.74) is 5.46. The quantitative estimate of drug-likeness (QED) is 0.113. The highest BCUT2D eigenvalue weighted by molar-refractivity contribution is 6.22. The average Bonchev–Trinajstić information content (AvgIpc) is 3.53. The van der Waals surface area contributed by atoms with Crippen molar-refractivity contribution in [1.82, 2.24) is 0 Å². The molecule has 1 aliphatic rings. The van der Waals surface area contributed by atoms with Crippen LogP contribution in [0.4, 0.5) is 34.1 Å². The highest BCUT2D eigenvalue weighted by Crippen LogP contribution is 2.44. The molecule has 284 valence electrons. The minimum absolute atomic E-state index is 0.0359. The first-order valence-electron chi connectivity index (χ1n) is 18.6. The van der Waals surface area contributed by atoms with Crippen molar-refractivity contribution in [3.8, 4) is 22.6 Å². The molecule has 8 aromatic carbocycles. The zero-order chi connectivity index (χ0) is 40.6. The van der Waals surface area contributed by atoms with Crippen LogP contribution in [0.2, 0.25) is 0 Å². The van der Waals surface area contributed by atoms with E-state index in [9.17, 15) is 24.6 Å². The molecule has 8 aromatic rings. The molecular weight excluding hydrogens is 741 g/mol. The number of anilines is 2. The monoisotopic (exact) mass is 772 g/mol. The Labute approximate surface area is 337 Å². The summed E-state index contributed by atoms with van der Waals surface area (Å²) >= 11 is 0. The second kappa shape index (κ2) is 15.0. The second-order valence-corrected chi connectivity index (χ2v) is 14.0. The first kappa shape index (κ1) is 36.3. The van der Waals surface area contributed by atoms with E-state index >= 15 is 0 Å². The summed E-state index contributed by atoms with van der Waals surface area (Å²) in [4.78, 5) is 40.4. The number of aryl methyl sites for hydroxylation is 1. The molecule has 0 unspecified atom stereocenters. The van der Waals surface area contributed by atoms with Crippen LogP contribution in [0.3, 0.4) is 0 Å². The number of aromatic hydroxyl groups is 2. The topological polar surface area (TPSA) is 165 Å². The van der Waals surface area contributed by atoms with Gasteiger partial charge in [-0.25, -0.2) is 0 Å². The number of nitrogens with zero attached hydrogens (tertiary/aromatic N) is 4. The van der Waals surface area contributed by atoms with Crippen LogP contribution < -0.4 is 10.6 Å². The number of nitrogens with one attached hydrogen (secondary N) is 2. The molecule has 1 aliphatic carbocycles. The standard InChI is InChI=1S/C48H32N6O5/c1-27-15-17-31(18-16-27)50-48(59)41-24-29-10-6-8-14-35(29)43(46(41)57)54-52-33-20-22-37-36-21-19-32(25-38(36)44(55)39(37)26-33)51-53-42-34-13-7-5-9-28(34)23-40(45(42)56)47(58)49-30-11-3-2-4-12-30/h2-26,56-57H,1H3,(H,49,58)(H,50,59). The Bertz CT molecular complexity index is 3090. The molecule has 0 heterocycles. The maximum atomic E-state index is 13.8. The van der Waals surface area contributed by atoms with Crippen molar-refractivity contribution >= 4 is 73.3 Å². The van der Waals surface area contributed by atoms with Crippen LogP contribution in [0.25, 0.3) is 32.7 Å². The minimum atomic E-state index is -0.504. The number of para-hydroxylation sites is 1. The van der Waals surface area contributed by atoms with Crippen LogP contribution in [0.15, 0.2) is 172 Å². The molecule has 11 nitrogen and oxygen atoms in total. The number of carbonyl (C=O) groups is 3. The van der Waals surface area contributed by atoms with E-state index in [1.165, 1.54) is 0 Å². The van der Waals surface area contributed by atoms with E-state index in [4.69, 9.17) is 0 Å². The first-order chi connectivity index (χ1) is 28.7. The molecule has 0 bridgehead atoms. The van der Waals surface area contributed by atoms with E-state index in [0.717, 1.165) is 5.56 Å². The van der Waals surface area contributed by atoms with Gasteiger partial charge in [-0.1, -0.05) is 96.6 Å². The van der Waals surface area contributed by atoms with E-state index in [0.29, 0.717) is 66.5 Å². The molecule has 0 saturated carbocycles. The van der Waals surface area contributed by atoms with Crippen molar-refractivity contribution in [2.75, 3.05) is 10.6 Å². The first-order valence-corrected chi connectivity index (χ1v) is 18.6. The number of rotatable bonds is 8. The van der Waals surface area contributed by atoms with Gasteiger partial charge in [0, 0.05) is 33.3 Å². The van der Waals surface area contributed by atoms with Crippen molar-refractivity contribution in [3.63, 3.8) is 0 Å². The Hall–Kier alpha value is -8.31. The molecule has 9 rings (SSSR count). The smallest absolute Gasteiger partial charge is 0.259 e. The number of phenols is 2. The van der Waals surface area contributed by atoms with Gasteiger partial charge in [-0.15, -0.1) is 10.2 Å². The van der Waals surface area contributed by atoms with Gasteiger partial charge in [0.1, 0.15) is 11.4 Å². The summed E-state index contributed by atoms with van der Waals surface area (Å²) in [6.07, 6.45) is 0. The third-order valence-electron chi connectivity index (χ3n) is 10.1. The Balaban J connectivity index is 0.993. The summed E-state index contributed by atoms with van der Waals surface area (Å²) in [6, 6.07) is 44.2. The number of azo groups is 2. The van der Waals surface area contributed by atoms with Crippen LogP contribution in [-0.2, 0) is 0 Å². The van der Waals surface area contributed by atoms with Gasteiger partial charge in [0.2, 0.25) is 0 Å². The zero-order valence-electron chi connectivity index (χ0n) is 31.3. The lowest BCUT2D eigenvalue weighted by Gasteiger charge is -2.11. The number of hydrogen-bond donors (Lipinski definition) is 4. The van der Waals surface area contributed by atoms with Gasteiger partial charge in [-0.05, 0) is 89.5 Å². The van der Waals surface area contributed by atoms with E-state index < -0.39 is 11.8 Å². The highest BCUT2D eigenvalue weighted by atomic mass is 16.3. The molecule has 0 spiro atoms. The predicted octanol–water partition coefficient (Wildman–Crippen LogP) is 12.3. The van der Waals surface area contributed by atoms with Gasteiger partial charge in [0.25, 0.3) is 11.8 Å². The van der Waals surface area contributed by atoms with Crippen molar-refractivity contribution in [2.45, 2.75) is 6.92 Å². The third kappa shape index (κ3) is 6.93. The lowest BCUT2D eigenvalue weighted by atomic mass is 10.0. The van der Waals surface area contributed by atoms with Crippen LogP contribution >= 0.6 is 0 Å². The van der Waals surface area contributed by atoms with Crippen LogP contribution in [-0.4, -0.2) is 27.8 Å². The lowest BCUT2D eigenvalue weighted by molar-refractivity contribution is 0.101. The number of benzene rings is 8. The van der Waals surface area contributed by atoms with Crippen molar-refractivity contribution in [1.29, 1.82) is 0 Å². The van der Waals surface area contributed by atoms with Crippen LogP contribution in [0, 0.1) is 6.92 Å². The lowest BCUT2D eigenvalue weighted by Crippen LogP contribution is -2.12. The van der Waals surface area contributed by atoms with Gasteiger partial charge in [0.15, 0.2) is 17.3 Å². The van der Waals surface area contributed by atoms with Gasteiger partial charge >= 0.3 is 0 Å². The molecule has 0 aromatic heterocycles. The van der Waals surface area contributed by atoms with Crippen molar-refractivity contribution in [3.05, 3.63) is 179 Å². The van der Waals surface area contributed by atoms with Crippen LogP contribution in [0.1, 0.15) is 42.2 Å². The Morgan fingerprint density at radius 3 is 1.41 bits per heavy atom. The van der Waals surface area contributed by atoms with Crippen molar-refractivity contribution < 1.29 is 24.6 Å². The molecule has 0 radical (unpaired) electrons. The third-order valence-corrected chi connectivity index (χ3v) is 10.1. The second-order valence-electron chi connectivity index (χ2n) is 14.0. The number of ketones is 1. The molecule has 0 atom stereocenters. The fourth-order valence-corrected chi connectivity index (χ4v) is 7.13. The summed E-state index contributed by atoms with van der Waals surface area (Å²) < 4.78 is 0. The SMILES string of the molecule is Cc1ccc(NC(=O)c2cc3ccccc3c(N=Nc3ccc4c(c3)C(=O)c3cc(N=Nc5c(O)c(C(=O)Nc6ccccc6)cc6ccccc56)ccc3-4)c2O)cc1. The van der Waals surface area contributed by atoms with Gasteiger partial charge in [-0.2, -0.15) is 10.2 Å². The number of carbonyl (C=O) groups excluding carboxylic acids is 3. The van der Waals surface area contributed by atoms with E-state index in [1.54, 1.807) is 109 Å². The number of hydrogen-bond acceptors (Lipinski definition) is 9.